The molecule has 3 aromatic rings. The molecule has 0 spiro atoms. The highest BCUT2D eigenvalue weighted by Crippen LogP contribution is 2.61. The van der Waals surface area contributed by atoms with Crippen LogP contribution in [0.5, 0.6) is 5.75 Å². The monoisotopic (exact) mass is 490 g/mol. The number of fused-ring (bicyclic) bond motifs is 5. The second-order valence-corrected chi connectivity index (χ2v) is 11.4. The molecule has 2 saturated carbocycles. The number of halogens is 2. The van der Waals surface area contributed by atoms with Gasteiger partial charge in [-0.2, -0.15) is 0 Å². The van der Waals surface area contributed by atoms with Crippen molar-refractivity contribution in [3.05, 3.63) is 75.8 Å². The van der Waals surface area contributed by atoms with E-state index in [1.807, 2.05) is 48.5 Å². The Kier molecular flexibility index (Phi) is 5.31. The lowest BCUT2D eigenvalue weighted by Crippen LogP contribution is -2.42. The maximum atomic E-state index is 12.8. The quantitative estimate of drug-likeness (QED) is 0.391. The third kappa shape index (κ3) is 3.33. The molecule has 2 fully saturated rings. The highest BCUT2D eigenvalue weighted by molar-refractivity contribution is 6.31. The van der Waals surface area contributed by atoms with Crippen LogP contribution < -0.4 is 0 Å². The highest BCUT2D eigenvalue weighted by atomic mass is 35.5. The highest BCUT2D eigenvalue weighted by Gasteiger charge is 2.54. The van der Waals surface area contributed by atoms with E-state index in [1.165, 1.54) is 11.1 Å². The molecule has 0 aromatic heterocycles. The summed E-state index contributed by atoms with van der Waals surface area (Å²) in [6.45, 7) is 2.22. The molecule has 3 aliphatic carbocycles. The van der Waals surface area contributed by atoms with Crippen LogP contribution in [-0.2, 0) is 11.2 Å². The molecule has 0 aliphatic heterocycles. The molecule has 174 valence electrons. The molecular weight excluding hydrogens is 463 g/mol. The normalized spacial score (nSPS) is 27.7. The first-order valence-corrected chi connectivity index (χ1v) is 13.1. The van der Waals surface area contributed by atoms with Crippen LogP contribution in [0.15, 0.2) is 54.6 Å². The Bertz CT molecular complexity index is 1280. The van der Waals surface area contributed by atoms with Crippen molar-refractivity contribution >= 4 is 29.0 Å². The van der Waals surface area contributed by atoms with Crippen LogP contribution in [0, 0.1) is 17.3 Å². The van der Waals surface area contributed by atoms with Crippen LogP contribution in [0.2, 0.25) is 10.0 Å². The number of aromatic hydroxyl groups is 1. The summed E-state index contributed by atoms with van der Waals surface area (Å²) in [6, 6.07) is 17.7. The molecule has 0 amide bonds. The van der Waals surface area contributed by atoms with Crippen molar-refractivity contribution in [1.82, 2.24) is 0 Å². The Labute approximate surface area is 210 Å². The molecule has 0 radical (unpaired) electrons. The van der Waals surface area contributed by atoms with Gasteiger partial charge in [0.05, 0.1) is 0 Å². The summed E-state index contributed by atoms with van der Waals surface area (Å²) >= 11 is 12.4. The van der Waals surface area contributed by atoms with Crippen molar-refractivity contribution in [2.75, 3.05) is 0 Å². The smallest absolute Gasteiger partial charge is 0.139 e. The fraction of sp³-hybridized carbons (Fsp3) is 0.367. The first-order valence-electron chi connectivity index (χ1n) is 12.3. The number of hydrogen-bond acceptors (Lipinski definition) is 2. The van der Waals surface area contributed by atoms with E-state index in [-0.39, 0.29) is 5.41 Å². The number of hydrogen-bond donors (Lipinski definition) is 1. The van der Waals surface area contributed by atoms with Crippen LogP contribution in [-0.4, -0.2) is 10.9 Å². The van der Waals surface area contributed by atoms with Crippen molar-refractivity contribution in [2.24, 2.45) is 17.3 Å². The SMILES string of the molecule is C[C@]12CC[C@@H]3c4cc(-c5ccc(Cl)cc5)c(O)c(-c5ccc(Cl)cc5)c4CC[C@H]3[C@@H]1CCC2=O. The Morgan fingerprint density at radius 2 is 1.53 bits per heavy atom. The van der Waals surface area contributed by atoms with Crippen molar-refractivity contribution in [2.45, 2.75) is 51.4 Å². The lowest BCUT2D eigenvalue weighted by molar-refractivity contribution is -0.129. The van der Waals surface area contributed by atoms with Gasteiger partial charge in [0.15, 0.2) is 0 Å². The van der Waals surface area contributed by atoms with Crippen molar-refractivity contribution in [3.63, 3.8) is 0 Å². The summed E-state index contributed by atoms with van der Waals surface area (Å²) in [7, 11) is 0. The summed E-state index contributed by atoms with van der Waals surface area (Å²) < 4.78 is 0. The Morgan fingerprint density at radius 3 is 2.21 bits per heavy atom. The Balaban J connectivity index is 1.54. The Morgan fingerprint density at radius 1 is 0.882 bits per heavy atom. The molecule has 6 rings (SSSR count). The van der Waals surface area contributed by atoms with Gasteiger partial charge < -0.3 is 5.11 Å². The van der Waals surface area contributed by atoms with Gasteiger partial charge in [0, 0.05) is 33.0 Å². The van der Waals surface area contributed by atoms with Crippen molar-refractivity contribution in [3.8, 4) is 28.0 Å². The predicted molar refractivity (Wildman–Crippen MR) is 139 cm³/mol. The first-order chi connectivity index (χ1) is 16.4. The molecule has 0 saturated heterocycles. The zero-order valence-corrected chi connectivity index (χ0v) is 20.8. The summed E-state index contributed by atoms with van der Waals surface area (Å²) in [4.78, 5) is 12.8. The predicted octanol–water partition coefficient (Wildman–Crippen LogP) is 8.46. The van der Waals surface area contributed by atoms with E-state index in [1.54, 1.807) is 0 Å². The average Bonchev–Trinajstić information content (AvgIpc) is 3.14. The van der Waals surface area contributed by atoms with Gasteiger partial charge in [0.25, 0.3) is 0 Å². The second-order valence-electron chi connectivity index (χ2n) is 10.6. The van der Waals surface area contributed by atoms with Gasteiger partial charge in [0.2, 0.25) is 0 Å². The molecule has 0 heterocycles. The third-order valence-corrected chi connectivity index (χ3v) is 9.51. The molecule has 0 bridgehead atoms. The van der Waals surface area contributed by atoms with Gasteiger partial charge in [0.1, 0.15) is 11.5 Å². The largest absolute Gasteiger partial charge is 0.507 e. The maximum absolute atomic E-state index is 12.8. The van der Waals surface area contributed by atoms with Crippen molar-refractivity contribution in [1.29, 1.82) is 0 Å². The molecule has 1 N–H and O–H groups in total. The minimum atomic E-state index is -0.145. The number of carbonyl (C=O) groups is 1. The van der Waals surface area contributed by atoms with Crippen LogP contribution in [0.1, 0.15) is 56.1 Å². The molecule has 2 nitrogen and oxygen atoms in total. The third-order valence-electron chi connectivity index (χ3n) is 9.00. The minimum absolute atomic E-state index is 0.145. The number of benzene rings is 3. The Hall–Kier alpha value is -2.29. The van der Waals surface area contributed by atoms with E-state index in [2.05, 4.69) is 13.0 Å². The molecule has 3 aliphatic rings. The van der Waals surface area contributed by atoms with Gasteiger partial charge in [-0.1, -0.05) is 54.4 Å². The number of ketones is 1. The van der Waals surface area contributed by atoms with E-state index >= 15 is 0 Å². The standard InChI is InChI=1S/C30H28Cl2O2/c1-30-15-14-21-22(26(30)12-13-27(30)33)10-11-23-25(21)16-24(17-2-6-19(31)7-3-17)29(34)28(23)18-4-8-20(32)9-5-18/h2-9,16,21-22,26,34H,10-15H2,1H3/t21-,22+,26-,30-/m0/s1. The van der Waals surface area contributed by atoms with Crippen LogP contribution in [0.4, 0.5) is 0 Å². The lowest BCUT2D eigenvalue weighted by Gasteiger charge is -2.48. The maximum Gasteiger partial charge on any atom is 0.139 e. The van der Waals surface area contributed by atoms with E-state index in [0.29, 0.717) is 39.3 Å². The molecule has 34 heavy (non-hydrogen) atoms. The average molecular weight is 491 g/mol. The number of phenolic OH excluding ortho intramolecular Hbond substituents is 1. The van der Waals surface area contributed by atoms with Gasteiger partial charge in [-0.15, -0.1) is 0 Å². The van der Waals surface area contributed by atoms with Gasteiger partial charge in [-0.3, -0.25) is 4.79 Å². The summed E-state index contributed by atoms with van der Waals surface area (Å²) in [5.41, 5.74) is 6.18. The summed E-state index contributed by atoms with van der Waals surface area (Å²) in [5, 5.41) is 13.0. The minimum Gasteiger partial charge on any atom is -0.507 e. The number of Topliss-reactive ketones (excluding diaryl/α,β-unsaturated/α-hetero) is 1. The van der Waals surface area contributed by atoms with E-state index in [9.17, 15) is 9.90 Å². The molecule has 0 unspecified atom stereocenters. The van der Waals surface area contributed by atoms with Crippen molar-refractivity contribution < 1.29 is 9.90 Å². The topological polar surface area (TPSA) is 37.3 Å². The zero-order chi connectivity index (χ0) is 23.6. The van der Waals surface area contributed by atoms with Crippen LogP contribution in [0.25, 0.3) is 22.3 Å². The van der Waals surface area contributed by atoms with E-state index < -0.39 is 0 Å². The number of phenols is 1. The lowest BCUT2D eigenvalue weighted by atomic mass is 9.55. The molecule has 3 aromatic carbocycles. The van der Waals surface area contributed by atoms with E-state index in [4.69, 9.17) is 23.2 Å². The zero-order valence-electron chi connectivity index (χ0n) is 19.3. The van der Waals surface area contributed by atoms with Gasteiger partial charge in [-0.05, 0) is 102 Å². The van der Waals surface area contributed by atoms with Gasteiger partial charge >= 0.3 is 0 Å². The first kappa shape index (κ1) is 22.2. The molecule has 4 heteroatoms. The van der Waals surface area contributed by atoms with Crippen LogP contribution >= 0.6 is 23.2 Å². The molecular formula is C30H28Cl2O2. The summed E-state index contributed by atoms with van der Waals surface area (Å²) in [5.74, 6) is 2.21. The fourth-order valence-electron chi connectivity index (χ4n) is 7.27. The van der Waals surface area contributed by atoms with Gasteiger partial charge in [-0.25, -0.2) is 0 Å². The fourth-order valence-corrected chi connectivity index (χ4v) is 7.52. The second kappa shape index (κ2) is 8.14. The van der Waals surface area contributed by atoms with Crippen LogP contribution in [0.3, 0.4) is 0 Å². The van der Waals surface area contributed by atoms with E-state index in [0.717, 1.165) is 60.8 Å². The molecule has 4 atom stereocenters. The number of rotatable bonds is 2. The summed E-state index contributed by atoms with van der Waals surface area (Å²) in [6.07, 6.45) is 5.75. The number of carbonyl (C=O) groups excluding carboxylic acids is 1.